The number of nitrogens with one attached hydrogen (secondary N) is 2. The van der Waals surface area contributed by atoms with Crippen LogP contribution in [0.3, 0.4) is 0 Å². The van der Waals surface area contributed by atoms with Crippen LogP contribution in [0, 0.1) is 0 Å². The Labute approximate surface area is 101 Å². The van der Waals surface area contributed by atoms with Crippen molar-refractivity contribution in [3.63, 3.8) is 0 Å². The summed E-state index contributed by atoms with van der Waals surface area (Å²) in [5.74, 6) is -0.212. The third-order valence-electron chi connectivity index (χ3n) is 1.21. The Morgan fingerprint density at radius 1 is 0.875 bits per heavy atom. The van der Waals surface area contributed by atoms with Crippen molar-refractivity contribution in [2.45, 2.75) is 0 Å². The Balaban J connectivity index is 3.15. The van der Waals surface area contributed by atoms with E-state index in [4.69, 9.17) is 0 Å². The van der Waals surface area contributed by atoms with Crippen LogP contribution < -0.4 is 10.6 Å². The van der Waals surface area contributed by atoms with Crippen LogP contribution in [0.25, 0.3) is 0 Å². The topological polar surface area (TPSA) is 92.3 Å². The SMILES string of the molecule is O=[C]C(=O)NCCSSCCNC(=O)[C]=O. The second kappa shape index (κ2) is 10.5. The standard InChI is InChI=1S/C8H10N2O4S2/c11-5-7(13)9-1-3-15-16-4-2-10-8(14)6-12/h1-4H2,(H,9,13)(H,10,14). The molecule has 0 unspecified atom stereocenters. The zero-order chi connectivity index (χ0) is 12.2. The van der Waals surface area contributed by atoms with Gasteiger partial charge in [0.05, 0.1) is 0 Å². The lowest BCUT2D eigenvalue weighted by Crippen LogP contribution is -2.26. The van der Waals surface area contributed by atoms with Crippen LogP contribution >= 0.6 is 21.6 Å². The highest BCUT2D eigenvalue weighted by molar-refractivity contribution is 8.76. The van der Waals surface area contributed by atoms with Gasteiger partial charge in [0.15, 0.2) is 0 Å². The minimum Gasteiger partial charge on any atom is -0.348 e. The first-order chi connectivity index (χ1) is 7.70. The molecule has 16 heavy (non-hydrogen) atoms. The van der Waals surface area contributed by atoms with Gasteiger partial charge in [-0.05, 0) is 0 Å². The first-order valence-electron chi connectivity index (χ1n) is 4.27. The molecule has 0 aromatic heterocycles. The average molecular weight is 262 g/mol. The average Bonchev–Trinajstić information content (AvgIpc) is 2.31. The van der Waals surface area contributed by atoms with Gasteiger partial charge in [-0.1, -0.05) is 21.6 Å². The van der Waals surface area contributed by atoms with Crippen LogP contribution in [0.1, 0.15) is 0 Å². The molecule has 0 aliphatic carbocycles. The van der Waals surface area contributed by atoms with Crippen molar-refractivity contribution in [3.05, 3.63) is 0 Å². The predicted molar refractivity (Wildman–Crippen MR) is 62.3 cm³/mol. The molecule has 0 atom stereocenters. The van der Waals surface area contributed by atoms with E-state index in [1.54, 1.807) is 0 Å². The molecule has 0 aromatic rings. The van der Waals surface area contributed by atoms with Crippen LogP contribution in [0.2, 0.25) is 0 Å². The van der Waals surface area contributed by atoms with Crippen LogP contribution in [-0.4, -0.2) is 49.0 Å². The van der Waals surface area contributed by atoms with Crippen molar-refractivity contribution in [2.75, 3.05) is 24.6 Å². The quantitative estimate of drug-likeness (QED) is 0.309. The minimum atomic E-state index is -0.751. The lowest BCUT2D eigenvalue weighted by atomic mass is 10.6. The van der Waals surface area contributed by atoms with Crippen molar-refractivity contribution in [1.82, 2.24) is 10.6 Å². The highest BCUT2D eigenvalue weighted by Crippen LogP contribution is 2.19. The van der Waals surface area contributed by atoms with Gasteiger partial charge >= 0.3 is 0 Å². The fourth-order valence-corrected chi connectivity index (χ4v) is 2.42. The van der Waals surface area contributed by atoms with E-state index < -0.39 is 11.8 Å². The molecule has 0 saturated carbocycles. The fourth-order valence-electron chi connectivity index (χ4n) is 0.602. The Hall–Kier alpha value is -1.02. The lowest BCUT2D eigenvalue weighted by Gasteiger charge is -2.01. The fraction of sp³-hybridized carbons (Fsp3) is 0.500. The van der Waals surface area contributed by atoms with Gasteiger partial charge in [-0.2, -0.15) is 0 Å². The molecule has 2 N–H and O–H groups in total. The van der Waals surface area contributed by atoms with E-state index in [1.807, 2.05) is 0 Å². The summed E-state index contributed by atoms with van der Waals surface area (Å²) in [7, 11) is 2.97. The van der Waals surface area contributed by atoms with Crippen molar-refractivity contribution in [3.8, 4) is 0 Å². The van der Waals surface area contributed by atoms with Gasteiger partial charge in [-0.15, -0.1) is 0 Å². The molecule has 0 spiro atoms. The van der Waals surface area contributed by atoms with Crippen molar-refractivity contribution >= 4 is 46.0 Å². The summed E-state index contributed by atoms with van der Waals surface area (Å²) in [5.41, 5.74) is 0. The number of hydrogen-bond acceptors (Lipinski definition) is 6. The minimum absolute atomic E-state index is 0.389. The summed E-state index contributed by atoms with van der Waals surface area (Å²) >= 11 is 0. The maximum atomic E-state index is 10.4. The zero-order valence-electron chi connectivity index (χ0n) is 8.28. The van der Waals surface area contributed by atoms with Gasteiger partial charge in [-0.25, -0.2) is 0 Å². The van der Waals surface area contributed by atoms with Crippen LogP contribution in [0.5, 0.6) is 0 Å². The molecule has 0 aliphatic heterocycles. The van der Waals surface area contributed by atoms with E-state index in [0.29, 0.717) is 24.6 Å². The van der Waals surface area contributed by atoms with E-state index in [1.165, 1.54) is 34.2 Å². The summed E-state index contributed by atoms with van der Waals surface area (Å²) in [6.45, 7) is 0.778. The monoisotopic (exact) mass is 262 g/mol. The number of hydrogen-bond donors (Lipinski definition) is 2. The second-order valence-electron chi connectivity index (χ2n) is 2.36. The largest absolute Gasteiger partial charge is 0.348 e. The van der Waals surface area contributed by atoms with E-state index >= 15 is 0 Å². The molecule has 2 amide bonds. The molecule has 0 aliphatic rings. The summed E-state index contributed by atoms with van der Waals surface area (Å²) in [5, 5.41) is 4.67. The van der Waals surface area contributed by atoms with Crippen molar-refractivity contribution in [1.29, 1.82) is 0 Å². The van der Waals surface area contributed by atoms with Crippen LogP contribution in [-0.2, 0) is 19.2 Å². The Bertz CT molecular complexity index is 234. The number of carbonyl (C=O) groups is 2. The molecule has 0 aromatic carbocycles. The van der Waals surface area contributed by atoms with Gasteiger partial charge in [0.1, 0.15) is 0 Å². The first-order valence-corrected chi connectivity index (χ1v) is 6.76. The van der Waals surface area contributed by atoms with Gasteiger partial charge in [0.25, 0.3) is 24.4 Å². The highest BCUT2D eigenvalue weighted by Gasteiger charge is 1.99. The maximum absolute atomic E-state index is 10.4. The van der Waals surface area contributed by atoms with Gasteiger partial charge < -0.3 is 10.6 Å². The Morgan fingerprint density at radius 3 is 1.56 bits per heavy atom. The molecule has 0 heterocycles. The van der Waals surface area contributed by atoms with Gasteiger partial charge in [-0.3, -0.25) is 19.2 Å². The number of carbonyl (C=O) groups excluding carboxylic acids is 4. The molecule has 88 valence electrons. The highest BCUT2D eigenvalue weighted by atomic mass is 33.1. The predicted octanol–water partition coefficient (Wildman–Crippen LogP) is -1.18. The van der Waals surface area contributed by atoms with E-state index in [0.717, 1.165) is 0 Å². The summed E-state index contributed by atoms with van der Waals surface area (Å²) in [6, 6.07) is 0. The molecule has 0 fully saturated rings. The van der Waals surface area contributed by atoms with E-state index in [9.17, 15) is 19.2 Å². The van der Waals surface area contributed by atoms with Crippen molar-refractivity contribution < 1.29 is 19.2 Å². The zero-order valence-corrected chi connectivity index (χ0v) is 9.91. The number of rotatable bonds is 9. The first kappa shape index (κ1) is 15.0. The number of amides is 2. The van der Waals surface area contributed by atoms with Gasteiger partial charge in [0, 0.05) is 24.6 Å². The third-order valence-corrected chi connectivity index (χ3v) is 3.62. The smallest absolute Gasteiger partial charge is 0.296 e. The third kappa shape index (κ3) is 9.53. The lowest BCUT2D eigenvalue weighted by molar-refractivity contribution is -0.115. The maximum Gasteiger partial charge on any atom is 0.296 e. The molecule has 0 rings (SSSR count). The molecule has 2 radical (unpaired) electrons. The second-order valence-corrected chi connectivity index (χ2v) is 5.06. The van der Waals surface area contributed by atoms with Crippen molar-refractivity contribution in [2.24, 2.45) is 0 Å². The molecule has 6 nitrogen and oxygen atoms in total. The summed E-state index contributed by atoms with van der Waals surface area (Å²) in [4.78, 5) is 40.4. The van der Waals surface area contributed by atoms with E-state index in [2.05, 4.69) is 10.6 Å². The van der Waals surface area contributed by atoms with E-state index in [-0.39, 0.29) is 0 Å². The Kier molecular flexibility index (Phi) is 9.83. The molecule has 0 saturated heterocycles. The van der Waals surface area contributed by atoms with Crippen LogP contribution in [0.15, 0.2) is 0 Å². The van der Waals surface area contributed by atoms with Gasteiger partial charge in [0.2, 0.25) is 0 Å². The normalized spacial score (nSPS) is 9.25. The molecule has 0 bridgehead atoms. The van der Waals surface area contributed by atoms with Crippen LogP contribution in [0.4, 0.5) is 0 Å². The summed E-state index contributed by atoms with van der Waals surface area (Å²) < 4.78 is 0. The summed E-state index contributed by atoms with van der Waals surface area (Å²) in [6.07, 6.45) is 2.39. The molecule has 8 heteroatoms. The molecular weight excluding hydrogens is 252 g/mol. The molecular formula is C8H10N2O4S2. The Morgan fingerprint density at radius 2 is 1.25 bits per heavy atom.